The molecule has 1 spiro atoms. The van der Waals surface area contributed by atoms with Crippen LogP contribution < -0.4 is 0 Å². The number of nitrogens with zero attached hydrogens (tertiary/aromatic N) is 3. The van der Waals surface area contributed by atoms with Crippen LogP contribution in [0.3, 0.4) is 0 Å². The van der Waals surface area contributed by atoms with Crippen LogP contribution >= 0.6 is 0 Å². The molecule has 8 nitrogen and oxygen atoms in total. The molecule has 4 heterocycles. The van der Waals surface area contributed by atoms with Gasteiger partial charge in [0.25, 0.3) is 0 Å². The van der Waals surface area contributed by atoms with Gasteiger partial charge in [0, 0.05) is 26.2 Å². The summed E-state index contributed by atoms with van der Waals surface area (Å²) in [4.78, 5) is 47.1. The third-order valence-corrected chi connectivity index (χ3v) is 8.86. The van der Waals surface area contributed by atoms with Crippen molar-refractivity contribution in [2.24, 2.45) is 11.8 Å². The molecule has 1 saturated carbocycles. The van der Waals surface area contributed by atoms with Gasteiger partial charge in [0.15, 0.2) is 0 Å². The lowest BCUT2D eigenvalue weighted by molar-refractivity contribution is -0.158. The van der Waals surface area contributed by atoms with E-state index in [1.807, 2.05) is 36.1 Å². The molecular weight excluding hydrogens is 434 g/mol. The Balaban J connectivity index is 1.65. The fourth-order valence-corrected chi connectivity index (χ4v) is 7.12. The van der Waals surface area contributed by atoms with Crippen LogP contribution in [0.4, 0.5) is 0 Å². The summed E-state index contributed by atoms with van der Waals surface area (Å²) in [6.07, 6.45) is 13.6. The van der Waals surface area contributed by atoms with Crippen LogP contribution in [0.15, 0.2) is 24.3 Å². The Morgan fingerprint density at radius 1 is 1.03 bits per heavy atom. The molecule has 4 aliphatic heterocycles. The standard InChI is InChI=1S/C26H37N3O5/c1-4-25-12-8-14-27(3)22(31)19(25)20-23(32)29(17(2)16-30)21-24(33)28(18-10-6-5-7-11-18)15-9-13-26(20,21)34-25/h8-9,12-13,17-21,30H,4-7,10-11,14-16H2,1-3H3/t17-,19+,20+,21?,25-,26+/m1/s1. The van der Waals surface area contributed by atoms with E-state index in [1.165, 1.54) is 11.3 Å². The van der Waals surface area contributed by atoms with E-state index < -0.39 is 35.1 Å². The highest BCUT2D eigenvalue weighted by atomic mass is 16.5. The molecule has 0 aromatic heterocycles. The molecule has 5 rings (SSSR count). The predicted octanol–water partition coefficient (Wildman–Crippen LogP) is 1.49. The Bertz CT molecular complexity index is 927. The predicted molar refractivity (Wildman–Crippen MR) is 126 cm³/mol. The lowest BCUT2D eigenvalue weighted by Crippen LogP contribution is -2.59. The van der Waals surface area contributed by atoms with Gasteiger partial charge in [-0.2, -0.15) is 0 Å². The van der Waals surface area contributed by atoms with Crippen molar-refractivity contribution < 1.29 is 24.2 Å². The minimum atomic E-state index is -1.24. The Morgan fingerprint density at radius 2 is 1.74 bits per heavy atom. The summed E-state index contributed by atoms with van der Waals surface area (Å²) in [6, 6.07) is -1.31. The average molecular weight is 472 g/mol. The third kappa shape index (κ3) is 3.14. The molecule has 1 aliphatic carbocycles. The second kappa shape index (κ2) is 8.48. The number of fused-ring (bicyclic) bond motifs is 2. The summed E-state index contributed by atoms with van der Waals surface area (Å²) in [5.74, 6) is -2.05. The van der Waals surface area contributed by atoms with Gasteiger partial charge < -0.3 is 24.5 Å². The van der Waals surface area contributed by atoms with Gasteiger partial charge in [0.2, 0.25) is 17.7 Å². The van der Waals surface area contributed by atoms with Crippen molar-refractivity contribution in [3.63, 3.8) is 0 Å². The van der Waals surface area contributed by atoms with E-state index in [1.54, 1.807) is 18.9 Å². The van der Waals surface area contributed by atoms with Crippen LogP contribution in [0.5, 0.6) is 0 Å². The van der Waals surface area contributed by atoms with Gasteiger partial charge in [-0.3, -0.25) is 14.4 Å². The van der Waals surface area contributed by atoms with E-state index in [4.69, 9.17) is 4.74 Å². The summed E-state index contributed by atoms with van der Waals surface area (Å²) in [5, 5.41) is 10.0. The molecule has 3 fully saturated rings. The highest BCUT2D eigenvalue weighted by molar-refractivity contribution is 6.00. The van der Waals surface area contributed by atoms with Crippen molar-refractivity contribution in [2.75, 3.05) is 26.7 Å². The van der Waals surface area contributed by atoms with Crippen molar-refractivity contribution in [1.82, 2.24) is 14.7 Å². The zero-order chi connectivity index (χ0) is 24.3. The highest BCUT2D eigenvalue weighted by Gasteiger charge is 2.75. The number of likely N-dealkylation sites (N-methyl/N-ethyl adjacent to an activating group) is 1. The summed E-state index contributed by atoms with van der Waals surface area (Å²) >= 11 is 0. The molecule has 5 aliphatic rings. The minimum absolute atomic E-state index is 0.124. The number of likely N-dealkylation sites (tertiary alicyclic amines) is 1. The third-order valence-electron chi connectivity index (χ3n) is 8.86. The highest BCUT2D eigenvalue weighted by Crippen LogP contribution is 2.58. The van der Waals surface area contributed by atoms with Crippen LogP contribution in [0.2, 0.25) is 0 Å². The van der Waals surface area contributed by atoms with E-state index in [0.29, 0.717) is 19.5 Å². The number of hydrogen-bond acceptors (Lipinski definition) is 5. The number of amides is 3. The van der Waals surface area contributed by atoms with Gasteiger partial charge in [0.05, 0.1) is 30.1 Å². The Morgan fingerprint density at radius 3 is 2.41 bits per heavy atom. The maximum atomic E-state index is 14.3. The quantitative estimate of drug-likeness (QED) is 0.628. The van der Waals surface area contributed by atoms with Crippen LogP contribution in [0, 0.1) is 11.8 Å². The molecule has 3 amide bonds. The van der Waals surface area contributed by atoms with Crippen LogP contribution in [0.25, 0.3) is 0 Å². The molecule has 186 valence electrons. The number of aliphatic hydroxyl groups is 1. The smallest absolute Gasteiger partial charge is 0.249 e. The first kappa shape index (κ1) is 23.5. The maximum Gasteiger partial charge on any atom is 0.249 e. The monoisotopic (exact) mass is 471 g/mol. The molecule has 0 radical (unpaired) electrons. The zero-order valence-electron chi connectivity index (χ0n) is 20.5. The minimum Gasteiger partial charge on any atom is -0.394 e. The molecule has 8 heteroatoms. The summed E-state index contributed by atoms with van der Waals surface area (Å²) in [7, 11) is 1.74. The summed E-state index contributed by atoms with van der Waals surface area (Å²) < 4.78 is 6.89. The van der Waals surface area contributed by atoms with Gasteiger partial charge in [-0.25, -0.2) is 0 Å². The first-order valence-electron chi connectivity index (χ1n) is 12.9. The van der Waals surface area contributed by atoms with Gasteiger partial charge in [-0.1, -0.05) is 50.5 Å². The molecule has 0 aromatic carbocycles. The molecule has 1 unspecified atom stereocenters. The van der Waals surface area contributed by atoms with Crippen LogP contribution in [-0.4, -0.2) is 93.6 Å². The normalized spacial score (nSPS) is 39.1. The Hall–Kier alpha value is -2.19. The average Bonchev–Trinajstić information content (AvgIpc) is 3.16. The molecule has 1 N–H and O–H groups in total. The second-order valence-corrected chi connectivity index (χ2v) is 10.7. The van der Waals surface area contributed by atoms with Crippen LogP contribution in [0.1, 0.15) is 52.4 Å². The Labute approximate surface area is 201 Å². The Kier molecular flexibility index (Phi) is 5.88. The van der Waals surface area contributed by atoms with Gasteiger partial charge >= 0.3 is 0 Å². The van der Waals surface area contributed by atoms with Crippen molar-refractivity contribution in [2.45, 2.75) is 81.7 Å². The number of carbonyl (C=O) groups excluding carboxylic acids is 3. The fourth-order valence-electron chi connectivity index (χ4n) is 7.12. The number of hydrogen-bond donors (Lipinski definition) is 1. The van der Waals surface area contributed by atoms with E-state index >= 15 is 0 Å². The zero-order valence-corrected chi connectivity index (χ0v) is 20.5. The van der Waals surface area contributed by atoms with Crippen LogP contribution in [-0.2, 0) is 19.1 Å². The molecule has 0 bridgehead atoms. The lowest BCUT2D eigenvalue weighted by Gasteiger charge is -2.42. The molecular formula is C26H37N3O5. The lowest BCUT2D eigenvalue weighted by atomic mass is 9.73. The first-order chi connectivity index (χ1) is 16.3. The SMILES string of the molecule is CC[C@@]12C=CCN(C)C(=O)[C@@H]1[C@H]1C(=O)N([C@H](C)CO)C3C(=O)N(C4CCCCC4)CC=C[C@@]31O2. The summed E-state index contributed by atoms with van der Waals surface area (Å²) in [5.41, 5.74) is -2.18. The topological polar surface area (TPSA) is 90.4 Å². The van der Waals surface area contributed by atoms with E-state index in [-0.39, 0.29) is 30.4 Å². The second-order valence-electron chi connectivity index (χ2n) is 10.7. The van der Waals surface area contributed by atoms with Crippen molar-refractivity contribution in [3.8, 4) is 0 Å². The van der Waals surface area contributed by atoms with E-state index in [9.17, 15) is 19.5 Å². The molecule has 0 aromatic rings. The van der Waals surface area contributed by atoms with Crippen molar-refractivity contribution >= 4 is 17.7 Å². The number of aliphatic hydroxyl groups excluding tert-OH is 1. The number of rotatable bonds is 4. The fraction of sp³-hybridized carbons (Fsp3) is 0.731. The maximum absolute atomic E-state index is 14.3. The van der Waals surface area contributed by atoms with Gasteiger partial charge in [0.1, 0.15) is 11.6 Å². The largest absolute Gasteiger partial charge is 0.394 e. The number of ether oxygens (including phenoxy) is 1. The van der Waals surface area contributed by atoms with Gasteiger partial charge in [-0.15, -0.1) is 0 Å². The van der Waals surface area contributed by atoms with Crippen molar-refractivity contribution in [1.29, 1.82) is 0 Å². The summed E-state index contributed by atoms with van der Waals surface area (Å²) in [6.45, 7) is 4.40. The van der Waals surface area contributed by atoms with Crippen molar-refractivity contribution in [3.05, 3.63) is 24.3 Å². The van der Waals surface area contributed by atoms with E-state index in [0.717, 1.165) is 25.7 Å². The molecule has 34 heavy (non-hydrogen) atoms. The van der Waals surface area contributed by atoms with Gasteiger partial charge in [-0.05, 0) is 26.2 Å². The first-order valence-corrected chi connectivity index (χ1v) is 12.9. The molecule has 6 atom stereocenters. The van der Waals surface area contributed by atoms with E-state index in [2.05, 4.69) is 0 Å². The number of carbonyl (C=O) groups is 3. The molecule has 2 saturated heterocycles.